The molecule has 17 nitrogen and oxygen atoms in total. The summed E-state index contributed by atoms with van der Waals surface area (Å²) in [5.74, 6) is -2.44. The number of hydrogen-bond donors (Lipinski definition) is 7. The lowest BCUT2D eigenvalue weighted by molar-refractivity contribution is -0.158. The number of carbonyl (C=O) groups is 6. The van der Waals surface area contributed by atoms with Crippen molar-refractivity contribution in [3.05, 3.63) is 119 Å². The Morgan fingerprint density at radius 1 is 0.545 bits per heavy atom. The van der Waals surface area contributed by atoms with Crippen molar-refractivity contribution < 1.29 is 68.1 Å². The molecule has 0 aliphatic carbocycles. The summed E-state index contributed by atoms with van der Waals surface area (Å²) in [5, 5.41) is 46.3. The number of phenolic OH excluding ortho intramolecular Hbond substituents is 4. The summed E-state index contributed by atoms with van der Waals surface area (Å²) in [6, 6.07) is 23.6. The van der Waals surface area contributed by atoms with Gasteiger partial charge in [-0.2, -0.15) is 0 Å². The first kappa shape index (κ1) is 51.3. The lowest BCUT2D eigenvalue weighted by Gasteiger charge is -2.25. The van der Waals surface area contributed by atoms with E-state index in [0.717, 1.165) is 11.1 Å². The topological polar surface area (TPSA) is 256 Å². The highest BCUT2D eigenvalue weighted by molar-refractivity contribution is 5.88. The van der Waals surface area contributed by atoms with Gasteiger partial charge in [0.1, 0.15) is 55.5 Å². The van der Waals surface area contributed by atoms with Crippen LogP contribution in [0.5, 0.6) is 23.0 Å². The van der Waals surface area contributed by atoms with Crippen molar-refractivity contribution in [2.45, 2.75) is 77.8 Å². The van der Waals surface area contributed by atoms with E-state index in [2.05, 4.69) is 16.0 Å². The van der Waals surface area contributed by atoms with Crippen LogP contribution in [-0.4, -0.2) is 101 Å². The normalized spacial score (nSPS) is 12.4. The molecule has 3 amide bonds. The number of ketones is 1. The lowest BCUT2D eigenvalue weighted by atomic mass is 9.83. The number of phenols is 4. The number of esters is 2. The Balaban J connectivity index is 1.16. The highest BCUT2D eigenvalue weighted by Crippen LogP contribution is 2.28. The maximum Gasteiger partial charge on any atom is 0.407 e. The first-order valence-corrected chi connectivity index (χ1v) is 21.6. The van der Waals surface area contributed by atoms with Crippen LogP contribution in [0.2, 0.25) is 0 Å². The van der Waals surface area contributed by atoms with Gasteiger partial charge in [0.25, 0.3) is 0 Å². The lowest BCUT2D eigenvalue weighted by Crippen LogP contribution is -2.48. The van der Waals surface area contributed by atoms with Gasteiger partial charge in [0.15, 0.2) is 5.78 Å². The molecule has 0 bridgehead atoms. The fourth-order valence-electron chi connectivity index (χ4n) is 6.79. The molecule has 0 heterocycles. The van der Waals surface area contributed by atoms with Crippen LogP contribution in [0.15, 0.2) is 97.1 Å². The molecule has 3 atom stereocenters. The molecule has 66 heavy (non-hydrogen) atoms. The van der Waals surface area contributed by atoms with E-state index in [9.17, 15) is 49.2 Å². The first-order chi connectivity index (χ1) is 31.5. The van der Waals surface area contributed by atoms with Crippen molar-refractivity contribution in [3.63, 3.8) is 0 Å². The number of hydrogen-bond acceptors (Lipinski definition) is 14. The molecule has 354 valence electrons. The van der Waals surface area contributed by atoms with Gasteiger partial charge in [-0.05, 0) is 117 Å². The summed E-state index contributed by atoms with van der Waals surface area (Å²) in [7, 11) is 0. The summed E-state index contributed by atoms with van der Waals surface area (Å²) in [6.07, 6.45) is 0.162. The van der Waals surface area contributed by atoms with E-state index in [4.69, 9.17) is 18.9 Å². The molecule has 4 aromatic rings. The van der Waals surface area contributed by atoms with Crippen molar-refractivity contribution in [2.24, 2.45) is 11.3 Å². The van der Waals surface area contributed by atoms with Gasteiger partial charge < -0.3 is 55.3 Å². The Hall–Kier alpha value is -7.30. The molecule has 0 aliphatic rings. The van der Waals surface area contributed by atoms with Gasteiger partial charge in [0, 0.05) is 19.4 Å². The van der Waals surface area contributed by atoms with Gasteiger partial charge in [-0.1, -0.05) is 55.5 Å². The molecule has 0 spiro atoms. The first-order valence-electron chi connectivity index (χ1n) is 21.6. The molecular weight excluding hydrogens is 855 g/mol. The molecule has 1 unspecified atom stereocenters. The average molecular weight is 914 g/mol. The zero-order valence-electron chi connectivity index (χ0n) is 37.3. The summed E-state index contributed by atoms with van der Waals surface area (Å²) in [4.78, 5) is 77.7. The fourth-order valence-corrected chi connectivity index (χ4v) is 6.79. The second kappa shape index (κ2) is 25.9. The number of benzene rings is 4. The van der Waals surface area contributed by atoms with Gasteiger partial charge in [-0.25, -0.2) is 9.59 Å². The van der Waals surface area contributed by atoms with Crippen LogP contribution in [0.3, 0.4) is 0 Å². The van der Waals surface area contributed by atoms with Crippen LogP contribution in [0.4, 0.5) is 9.59 Å². The molecule has 0 aromatic heterocycles. The highest BCUT2D eigenvalue weighted by Gasteiger charge is 2.34. The van der Waals surface area contributed by atoms with Gasteiger partial charge in [-0.3, -0.25) is 19.2 Å². The van der Waals surface area contributed by atoms with E-state index in [0.29, 0.717) is 30.4 Å². The average Bonchev–Trinajstić information content (AvgIpc) is 3.28. The molecule has 4 rings (SSSR count). The van der Waals surface area contributed by atoms with Gasteiger partial charge >= 0.3 is 24.1 Å². The molecule has 4 aromatic carbocycles. The van der Waals surface area contributed by atoms with Crippen LogP contribution in [0, 0.1) is 11.3 Å². The summed E-state index contributed by atoms with van der Waals surface area (Å²) < 4.78 is 21.0. The van der Waals surface area contributed by atoms with Crippen molar-refractivity contribution in [1.29, 1.82) is 0 Å². The number of Topliss-reactive ketones (excluding diaryl/α,β-unsaturated/α-hetero) is 1. The van der Waals surface area contributed by atoms with Crippen LogP contribution in [0.25, 0.3) is 0 Å². The number of ether oxygens (including phenoxy) is 4. The standard InChI is InChI=1S/C49H59N3O14/c1-32(45(59)63-25-27-65-48(62)52-42(30-36-13-21-40(56)22-14-36)44(58)50-24-23-34-9-17-38(54)18-10-34)31-49(2,3)46(60)64-26-28-66-47(61)51-41(29-35-11-19-39(55)20-12-35)43(57)6-4-5-33-7-15-37(53)16-8-33/h7-22,32,41-42,53-56H,4-6,23-31H2,1-3H3,(H,50,58)(H,51,61)(H,52,62)/t32?,41-,42-/m0/s1. The Kier molecular flexibility index (Phi) is 20.1. The molecule has 17 heteroatoms. The Morgan fingerprint density at radius 3 is 1.45 bits per heavy atom. The second-order valence-electron chi connectivity index (χ2n) is 16.4. The van der Waals surface area contributed by atoms with E-state index in [1.807, 2.05) is 0 Å². The monoisotopic (exact) mass is 913 g/mol. The number of aromatic hydroxyl groups is 4. The van der Waals surface area contributed by atoms with Crippen LogP contribution in [-0.2, 0) is 63.8 Å². The maximum atomic E-state index is 13.2. The Morgan fingerprint density at radius 2 is 0.955 bits per heavy atom. The summed E-state index contributed by atoms with van der Waals surface area (Å²) in [5.41, 5.74) is 2.03. The maximum absolute atomic E-state index is 13.2. The molecular formula is C49H59N3O14. The Labute approximate surface area is 383 Å². The predicted molar refractivity (Wildman–Crippen MR) is 241 cm³/mol. The second-order valence-corrected chi connectivity index (χ2v) is 16.4. The number of alkyl carbamates (subject to hydrolysis) is 2. The van der Waals surface area contributed by atoms with Gasteiger partial charge in [0.2, 0.25) is 5.91 Å². The van der Waals surface area contributed by atoms with Gasteiger partial charge in [-0.15, -0.1) is 0 Å². The molecule has 0 radical (unpaired) electrons. The Bertz CT molecular complexity index is 2190. The third-order valence-corrected chi connectivity index (χ3v) is 10.4. The minimum absolute atomic E-state index is 0.0297. The zero-order chi connectivity index (χ0) is 48.1. The molecule has 7 N–H and O–H groups in total. The van der Waals surface area contributed by atoms with Crippen molar-refractivity contribution >= 4 is 35.8 Å². The smallest absolute Gasteiger partial charge is 0.407 e. The van der Waals surface area contributed by atoms with E-state index in [1.165, 1.54) is 24.3 Å². The third-order valence-electron chi connectivity index (χ3n) is 10.4. The summed E-state index contributed by atoms with van der Waals surface area (Å²) >= 11 is 0. The van der Waals surface area contributed by atoms with Crippen molar-refractivity contribution in [3.8, 4) is 23.0 Å². The van der Waals surface area contributed by atoms with E-state index in [-0.39, 0.29) is 87.4 Å². The van der Waals surface area contributed by atoms with Crippen LogP contribution in [0.1, 0.15) is 62.3 Å². The number of amides is 3. The number of carbonyl (C=O) groups excluding carboxylic acids is 6. The zero-order valence-corrected chi connectivity index (χ0v) is 37.3. The fraction of sp³-hybridized carbons (Fsp3) is 0.388. The SMILES string of the molecule is CC(CC(C)(C)C(=O)OCCOC(=O)N[C@@H](Cc1ccc(O)cc1)C(=O)CCCc1ccc(O)cc1)C(=O)OCCOC(=O)N[C@@H](Cc1ccc(O)cc1)C(=O)NCCc1ccc(O)cc1. The quantitative estimate of drug-likeness (QED) is 0.0244. The van der Waals surface area contributed by atoms with Crippen LogP contribution >= 0.6 is 0 Å². The van der Waals surface area contributed by atoms with Crippen LogP contribution < -0.4 is 16.0 Å². The van der Waals surface area contributed by atoms with Crippen molar-refractivity contribution in [1.82, 2.24) is 16.0 Å². The third kappa shape index (κ3) is 18.4. The largest absolute Gasteiger partial charge is 0.508 e. The van der Waals surface area contributed by atoms with Crippen molar-refractivity contribution in [2.75, 3.05) is 33.0 Å². The minimum Gasteiger partial charge on any atom is -0.508 e. The summed E-state index contributed by atoms with van der Waals surface area (Å²) in [6.45, 7) is 3.74. The van der Waals surface area contributed by atoms with E-state index < -0.39 is 53.4 Å². The molecule has 0 saturated heterocycles. The number of nitrogens with one attached hydrogen (secondary N) is 3. The number of aryl methyl sites for hydroxylation is 1. The highest BCUT2D eigenvalue weighted by atomic mass is 16.6. The molecule has 0 aliphatic heterocycles. The van der Waals surface area contributed by atoms with E-state index in [1.54, 1.807) is 93.6 Å². The van der Waals surface area contributed by atoms with Gasteiger partial charge in [0.05, 0.1) is 17.4 Å². The molecule has 0 fully saturated rings. The molecule has 0 saturated carbocycles. The number of rotatable bonds is 25. The minimum atomic E-state index is -1.16. The predicted octanol–water partition coefficient (Wildman–Crippen LogP) is 5.57. The van der Waals surface area contributed by atoms with E-state index >= 15 is 0 Å².